The van der Waals surface area contributed by atoms with Gasteiger partial charge in [0.05, 0.1) is 17.8 Å². The maximum absolute atomic E-state index is 8.77. The zero-order valence-corrected chi connectivity index (χ0v) is 9.69. The van der Waals surface area contributed by atoms with Gasteiger partial charge in [-0.05, 0) is 29.8 Å². The molecular weight excluding hydrogens is 236 g/mol. The molecule has 0 bridgehead atoms. The molecule has 0 fully saturated rings. The largest absolute Gasteiger partial charge is 0.456 e. The maximum Gasteiger partial charge on any atom is 0.146 e. The maximum atomic E-state index is 8.77. The summed E-state index contributed by atoms with van der Waals surface area (Å²) in [5.41, 5.74) is 1.45. The first-order valence-corrected chi connectivity index (χ1v) is 5.53. The lowest BCUT2D eigenvalue weighted by molar-refractivity contribution is 0.479. The molecule has 0 radical (unpaired) electrons. The highest BCUT2D eigenvalue weighted by molar-refractivity contribution is 6.17. The number of nitrogens with zero attached hydrogens (tertiary/aromatic N) is 2. The Morgan fingerprint density at radius 3 is 2.88 bits per heavy atom. The average molecular weight is 245 g/mol. The molecule has 0 atom stereocenters. The van der Waals surface area contributed by atoms with Crippen molar-refractivity contribution in [1.82, 2.24) is 4.98 Å². The molecule has 0 saturated carbocycles. The fourth-order valence-corrected chi connectivity index (χ4v) is 1.50. The first-order valence-electron chi connectivity index (χ1n) is 5.00. The normalized spacial score (nSPS) is 9.65. The Morgan fingerprint density at radius 1 is 1.24 bits per heavy atom. The Kier molecular flexibility index (Phi) is 3.59. The summed E-state index contributed by atoms with van der Waals surface area (Å²) in [6.07, 6.45) is 3.29. The van der Waals surface area contributed by atoms with Crippen molar-refractivity contribution >= 4 is 11.6 Å². The van der Waals surface area contributed by atoms with Crippen molar-refractivity contribution in [2.75, 3.05) is 0 Å². The summed E-state index contributed by atoms with van der Waals surface area (Å²) in [5, 5.41) is 8.77. The highest BCUT2D eigenvalue weighted by Gasteiger charge is 2.00. The number of benzene rings is 1. The van der Waals surface area contributed by atoms with E-state index < -0.39 is 0 Å². The van der Waals surface area contributed by atoms with E-state index in [9.17, 15) is 0 Å². The molecule has 0 aliphatic heterocycles. The minimum absolute atomic E-state index is 0.391. The highest BCUT2D eigenvalue weighted by atomic mass is 35.5. The lowest BCUT2D eigenvalue weighted by Crippen LogP contribution is -1.88. The molecule has 1 heterocycles. The van der Waals surface area contributed by atoms with Gasteiger partial charge in [0.1, 0.15) is 11.5 Å². The summed E-state index contributed by atoms with van der Waals surface area (Å²) in [6, 6.07) is 10.8. The smallest absolute Gasteiger partial charge is 0.146 e. The van der Waals surface area contributed by atoms with Gasteiger partial charge in [-0.3, -0.25) is 4.98 Å². The summed E-state index contributed by atoms with van der Waals surface area (Å²) in [4.78, 5) is 4.02. The van der Waals surface area contributed by atoms with Crippen molar-refractivity contribution in [2.24, 2.45) is 0 Å². The molecule has 4 heteroatoms. The molecular formula is C13H9ClN2O. The van der Waals surface area contributed by atoms with Crippen LogP contribution < -0.4 is 4.74 Å². The third-order valence-corrected chi connectivity index (χ3v) is 2.43. The topological polar surface area (TPSA) is 45.9 Å². The number of halogens is 1. The molecule has 0 unspecified atom stereocenters. The fraction of sp³-hybridized carbons (Fsp3) is 0.0769. The van der Waals surface area contributed by atoms with Gasteiger partial charge in [0.15, 0.2) is 0 Å². The van der Waals surface area contributed by atoms with Crippen LogP contribution in [0.5, 0.6) is 11.5 Å². The van der Waals surface area contributed by atoms with Crippen LogP contribution >= 0.6 is 11.6 Å². The molecule has 0 spiro atoms. The highest BCUT2D eigenvalue weighted by Crippen LogP contribution is 2.22. The summed E-state index contributed by atoms with van der Waals surface area (Å²) in [5.74, 6) is 1.61. The van der Waals surface area contributed by atoms with Crippen molar-refractivity contribution in [3.8, 4) is 17.6 Å². The standard InChI is InChI=1S/C13H9ClN2O/c14-6-11-5-13(9-16-8-11)17-12-3-1-2-10(4-12)7-15/h1-5,8-9H,6H2. The SMILES string of the molecule is N#Cc1cccc(Oc2cncc(CCl)c2)c1. The Balaban J connectivity index is 2.22. The van der Waals surface area contributed by atoms with E-state index in [4.69, 9.17) is 21.6 Å². The van der Waals surface area contributed by atoms with E-state index in [2.05, 4.69) is 11.1 Å². The van der Waals surface area contributed by atoms with Gasteiger partial charge in [-0.1, -0.05) is 6.07 Å². The number of aromatic nitrogens is 1. The van der Waals surface area contributed by atoms with Crippen LogP contribution in [-0.4, -0.2) is 4.98 Å². The Labute approximate surface area is 104 Å². The van der Waals surface area contributed by atoms with Crippen LogP contribution in [0.3, 0.4) is 0 Å². The van der Waals surface area contributed by atoms with Crippen molar-refractivity contribution in [2.45, 2.75) is 5.88 Å². The Bertz CT molecular complexity index is 563. The van der Waals surface area contributed by atoms with Crippen LogP contribution in [0.2, 0.25) is 0 Å². The van der Waals surface area contributed by atoms with Crippen LogP contribution in [0.25, 0.3) is 0 Å². The Hall–Kier alpha value is -2.05. The summed E-state index contributed by atoms with van der Waals surface area (Å²) >= 11 is 5.71. The molecule has 1 aromatic carbocycles. The van der Waals surface area contributed by atoms with E-state index in [1.54, 1.807) is 36.7 Å². The third-order valence-electron chi connectivity index (χ3n) is 2.12. The first-order chi connectivity index (χ1) is 8.31. The van der Waals surface area contributed by atoms with Gasteiger partial charge < -0.3 is 4.74 Å². The van der Waals surface area contributed by atoms with Gasteiger partial charge in [0, 0.05) is 12.1 Å². The second-order valence-corrected chi connectivity index (χ2v) is 3.67. The zero-order valence-electron chi connectivity index (χ0n) is 8.93. The number of alkyl halides is 1. The predicted octanol–water partition coefficient (Wildman–Crippen LogP) is 3.48. The van der Waals surface area contributed by atoms with E-state index in [0.717, 1.165) is 5.56 Å². The monoisotopic (exact) mass is 244 g/mol. The van der Waals surface area contributed by atoms with E-state index >= 15 is 0 Å². The predicted molar refractivity (Wildman–Crippen MR) is 65.0 cm³/mol. The minimum atomic E-state index is 0.391. The first kappa shape index (κ1) is 11.4. The van der Waals surface area contributed by atoms with Crippen LogP contribution in [0.1, 0.15) is 11.1 Å². The van der Waals surface area contributed by atoms with Crippen LogP contribution in [0, 0.1) is 11.3 Å². The molecule has 0 aliphatic rings. The summed E-state index contributed by atoms with van der Waals surface area (Å²) < 4.78 is 5.59. The molecule has 17 heavy (non-hydrogen) atoms. The molecule has 2 aromatic rings. The number of ether oxygens (including phenoxy) is 1. The van der Waals surface area contributed by atoms with Gasteiger partial charge >= 0.3 is 0 Å². The number of hydrogen-bond acceptors (Lipinski definition) is 3. The third kappa shape index (κ3) is 2.96. The molecule has 0 N–H and O–H groups in total. The quantitative estimate of drug-likeness (QED) is 0.777. The van der Waals surface area contributed by atoms with Gasteiger partial charge in [0.25, 0.3) is 0 Å². The number of hydrogen-bond donors (Lipinski definition) is 0. The van der Waals surface area contributed by atoms with Crippen molar-refractivity contribution < 1.29 is 4.74 Å². The molecule has 0 amide bonds. The summed E-state index contributed by atoms with van der Waals surface area (Å²) in [7, 11) is 0. The fourth-order valence-electron chi connectivity index (χ4n) is 1.36. The second kappa shape index (κ2) is 5.33. The molecule has 2 rings (SSSR count). The lowest BCUT2D eigenvalue weighted by Gasteiger charge is -2.06. The van der Waals surface area contributed by atoms with Gasteiger partial charge in [-0.15, -0.1) is 11.6 Å². The van der Waals surface area contributed by atoms with Crippen molar-refractivity contribution in [3.63, 3.8) is 0 Å². The van der Waals surface area contributed by atoms with Gasteiger partial charge in [0.2, 0.25) is 0 Å². The number of nitriles is 1. The lowest BCUT2D eigenvalue weighted by atomic mass is 10.2. The van der Waals surface area contributed by atoms with E-state index in [0.29, 0.717) is 22.9 Å². The van der Waals surface area contributed by atoms with Crippen molar-refractivity contribution in [3.05, 3.63) is 53.9 Å². The average Bonchev–Trinajstić information content (AvgIpc) is 2.39. The van der Waals surface area contributed by atoms with Gasteiger partial charge in [-0.25, -0.2) is 0 Å². The summed E-state index contributed by atoms with van der Waals surface area (Å²) in [6.45, 7) is 0. The van der Waals surface area contributed by atoms with Crippen LogP contribution in [-0.2, 0) is 5.88 Å². The van der Waals surface area contributed by atoms with Crippen LogP contribution in [0.4, 0.5) is 0 Å². The van der Waals surface area contributed by atoms with Crippen molar-refractivity contribution in [1.29, 1.82) is 5.26 Å². The second-order valence-electron chi connectivity index (χ2n) is 3.40. The molecule has 0 aliphatic carbocycles. The van der Waals surface area contributed by atoms with Crippen LogP contribution in [0.15, 0.2) is 42.7 Å². The zero-order chi connectivity index (χ0) is 12.1. The number of rotatable bonds is 3. The van der Waals surface area contributed by atoms with Gasteiger partial charge in [-0.2, -0.15) is 5.26 Å². The van der Waals surface area contributed by atoms with E-state index in [-0.39, 0.29) is 0 Å². The molecule has 0 saturated heterocycles. The molecule has 84 valence electrons. The van der Waals surface area contributed by atoms with E-state index in [1.807, 2.05) is 6.07 Å². The minimum Gasteiger partial charge on any atom is -0.456 e. The van der Waals surface area contributed by atoms with E-state index in [1.165, 1.54) is 0 Å². The molecule has 3 nitrogen and oxygen atoms in total. The Morgan fingerprint density at radius 2 is 2.12 bits per heavy atom. The molecule has 1 aromatic heterocycles. The number of pyridine rings is 1.